The van der Waals surface area contributed by atoms with Gasteiger partial charge < -0.3 is 19.5 Å². The van der Waals surface area contributed by atoms with E-state index in [2.05, 4.69) is 17.3 Å². The van der Waals surface area contributed by atoms with Gasteiger partial charge in [0, 0.05) is 38.1 Å². The Hall–Kier alpha value is -2.60. The summed E-state index contributed by atoms with van der Waals surface area (Å²) < 4.78 is 7.38. The number of carbonyl (C=O) groups is 1. The number of carbonyl (C=O) groups excluding carboxylic acids is 1. The number of amides is 1. The Morgan fingerprint density at radius 3 is 2.40 bits per heavy atom. The lowest BCUT2D eigenvalue weighted by atomic mass is 10.1. The summed E-state index contributed by atoms with van der Waals surface area (Å²) in [6.45, 7) is 2.11. The van der Waals surface area contributed by atoms with Gasteiger partial charge in [-0.3, -0.25) is 9.59 Å². The molecular weight excluding hydrogens is 318 g/mol. The molecule has 6 heteroatoms. The van der Waals surface area contributed by atoms with Crippen LogP contribution in [-0.4, -0.2) is 41.6 Å². The molecule has 25 heavy (non-hydrogen) atoms. The van der Waals surface area contributed by atoms with Crippen LogP contribution in [0.25, 0.3) is 0 Å². The van der Waals surface area contributed by atoms with E-state index in [1.807, 2.05) is 24.3 Å². The first-order chi connectivity index (χ1) is 12.0. The van der Waals surface area contributed by atoms with Gasteiger partial charge >= 0.3 is 0 Å². The van der Waals surface area contributed by atoms with Gasteiger partial charge in [0.15, 0.2) is 0 Å². The molecule has 0 spiro atoms. The summed E-state index contributed by atoms with van der Waals surface area (Å²) in [4.78, 5) is 25.9. The Bertz CT molecular complexity index is 790. The van der Waals surface area contributed by atoms with Gasteiger partial charge in [-0.1, -0.05) is 0 Å². The molecule has 0 atom stereocenters. The average molecular weight is 341 g/mol. The Labute approximate surface area is 147 Å². The van der Waals surface area contributed by atoms with E-state index in [1.54, 1.807) is 7.05 Å². The predicted molar refractivity (Wildman–Crippen MR) is 97.2 cm³/mol. The maximum absolute atomic E-state index is 12.2. The van der Waals surface area contributed by atoms with Crippen LogP contribution in [-0.2, 0) is 7.05 Å². The van der Waals surface area contributed by atoms with Gasteiger partial charge in [-0.15, -0.1) is 0 Å². The van der Waals surface area contributed by atoms with Crippen molar-refractivity contribution in [1.82, 2.24) is 9.47 Å². The van der Waals surface area contributed by atoms with Crippen molar-refractivity contribution >= 4 is 11.6 Å². The van der Waals surface area contributed by atoms with E-state index in [-0.39, 0.29) is 17.6 Å². The van der Waals surface area contributed by atoms with Crippen LogP contribution < -0.4 is 15.6 Å². The fourth-order valence-electron chi connectivity index (χ4n) is 2.84. The summed E-state index contributed by atoms with van der Waals surface area (Å²) >= 11 is 0. The molecule has 2 heterocycles. The van der Waals surface area contributed by atoms with Crippen molar-refractivity contribution in [3.8, 4) is 5.75 Å². The van der Waals surface area contributed by atoms with Crippen LogP contribution in [0.5, 0.6) is 5.75 Å². The second-order valence-electron chi connectivity index (χ2n) is 6.47. The number of hydrogen-bond acceptors (Lipinski definition) is 4. The summed E-state index contributed by atoms with van der Waals surface area (Å²) in [5.41, 5.74) is 0.982. The Balaban J connectivity index is 1.59. The molecule has 132 valence electrons. The van der Waals surface area contributed by atoms with Gasteiger partial charge in [0.05, 0.1) is 5.56 Å². The van der Waals surface area contributed by atoms with Crippen LogP contribution in [0.3, 0.4) is 0 Å². The zero-order chi connectivity index (χ0) is 17.8. The molecule has 0 aliphatic carbocycles. The molecule has 0 unspecified atom stereocenters. The van der Waals surface area contributed by atoms with Crippen molar-refractivity contribution in [1.29, 1.82) is 0 Å². The minimum absolute atomic E-state index is 0.146. The molecule has 1 aromatic heterocycles. The van der Waals surface area contributed by atoms with E-state index in [4.69, 9.17) is 4.74 Å². The number of aryl methyl sites for hydroxylation is 1. The number of ether oxygens (including phenoxy) is 1. The van der Waals surface area contributed by atoms with Gasteiger partial charge in [0.2, 0.25) is 5.56 Å². The summed E-state index contributed by atoms with van der Waals surface area (Å²) in [6, 6.07) is 10.3. The fraction of sp³-hybridized carbons (Fsp3) is 0.368. The molecule has 0 bridgehead atoms. The Morgan fingerprint density at radius 1 is 1.08 bits per heavy atom. The van der Waals surface area contributed by atoms with Crippen molar-refractivity contribution < 1.29 is 9.53 Å². The quantitative estimate of drug-likeness (QED) is 0.925. The Kier molecular flexibility index (Phi) is 5.19. The van der Waals surface area contributed by atoms with Crippen LogP contribution in [0, 0.1) is 0 Å². The van der Waals surface area contributed by atoms with Crippen LogP contribution in [0.1, 0.15) is 23.2 Å². The number of benzene rings is 1. The third-order valence-electron chi connectivity index (χ3n) is 4.43. The molecule has 1 saturated heterocycles. The first-order valence-electron chi connectivity index (χ1n) is 8.44. The van der Waals surface area contributed by atoms with Gasteiger partial charge in [0.25, 0.3) is 5.91 Å². The summed E-state index contributed by atoms with van der Waals surface area (Å²) in [5.74, 6) is 0.564. The molecule has 1 aliphatic heterocycles. The molecular formula is C19H23N3O3. The van der Waals surface area contributed by atoms with Crippen LogP contribution in [0.15, 0.2) is 47.4 Å². The average Bonchev–Trinajstić information content (AvgIpc) is 2.61. The molecule has 1 amide bonds. The lowest BCUT2D eigenvalue weighted by Crippen LogP contribution is -2.35. The fourth-order valence-corrected chi connectivity index (χ4v) is 2.84. The van der Waals surface area contributed by atoms with Crippen molar-refractivity contribution in [2.75, 3.05) is 25.5 Å². The number of hydrogen-bond donors (Lipinski definition) is 1. The summed E-state index contributed by atoms with van der Waals surface area (Å²) in [6.07, 6.45) is 3.83. The lowest BCUT2D eigenvalue weighted by molar-refractivity contribution is 0.102. The number of nitrogens with zero attached hydrogens (tertiary/aromatic N) is 2. The SMILES string of the molecule is CN1CCC(Oc2ccc(NC(=O)c3ccc(=O)n(C)c3)cc2)CC1. The largest absolute Gasteiger partial charge is 0.490 e. The summed E-state index contributed by atoms with van der Waals surface area (Å²) in [5, 5.41) is 2.83. The normalized spacial score (nSPS) is 15.8. The topological polar surface area (TPSA) is 63.6 Å². The molecule has 2 aromatic rings. The molecule has 1 N–H and O–H groups in total. The van der Waals surface area contributed by atoms with Gasteiger partial charge in [-0.2, -0.15) is 0 Å². The number of anilines is 1. The number of nitrogens with one attached hydrogen (secondary N) is 1. The minimum atomic E-state index is -0.250. The number of pyridine rings is 1. The third kappa shape index (κ3) is 4.48. The van der Waals surface area contributed by atoms with E-state index >= 15 is 0 Å². The first kappa shape index (κ1) is 17.2. The van der Waals surface area contributed by atoms with Crippen LogP contribution in [0.4, 0.5) is 5.69 Å². The highest BCUT2D eigenvalue weighted by molar-refractivity contribution is 6.04. The maximum atomic E-state index is 12.2. The standard InChI is InChI=1S/C19H23N3O3/c1-21-11-9-17(10-12-21)25-16-6-4-15(5-7-16)20-19(24)14-3-8-18(23)22(2)13-14/h3-8,13,17H,9-12H2,1-2H3,(H,20,24). The summed E-state index contributed by atoms with van der Waals surface area (Å²) in [7, 11) is 3.74. The highest BCUT2D eigenvalue weighted by atomic mass is 16.5. The number of piperidine rings is 1. The zero-order valence-corrected chi connectivity index (χ0v) is 14.6. The second kappa shape index (κ2) is 7.53. The van der Waals surface area contributed by atoms with Crippen molar-refractivity contribution in [2.24, 2.45) is 7.05 Å². The van der Waals surface area contributed by atoms with E-state index in [9.17, 15) is 9.59 Å². The molecule has 0 saturated carbocycles. The van der Waals surface area contributed by atoms with Crippen molar-refractivity contribution in [2.45, 2.75) is 18.9 Å². The van der Waals surface area contributed by atoms with Crippen LogP contribution >= 0.6 is 0 Å². The lowest BCUT2D eigenvalue weighted by Gasteiger charge is -2.29. The van der Waals surface area contributed by atoms with Gasteiger partial charge in [0.1, 0.15) is 11.9 Å². The van der Waals surface area contributed by atoms with E-state index in [0.717, 1.165) is 31.7 Å². The molecule has 1 fully saturated rings. The molecule has 6 nitrogen and oxygen atoms in total. The number of aromatic nitrogens is 1. The molecule has 1 aliphatic rings. The van der Waals surface area contributed by atoms with E-state index in [0.29, 0.717) is 11.3 Å². The minimum Gasteiger partial charge on any atom is -0.490 e. The second-order valence-corrected chi connectivity index (χ2v) is 6.47. The highest BCUT2D eigenvalue weighted by Crippen LogP contribution is 2.21. The maximum Gasteiger partial charge on any atom is 0.257 e. The Morgan fingerprint density at radius 2 is 1.76 bits per heavy atom. The van der Waals surface area contributed by atoms with Gasteiger partial charge in [-0.25, -0.2) is 0 Å². The molecule has 1 aromatic carbocycles. The van der Waals surface area contributed by atoms with E-state index < -0.39 is 0 Å². The monoisotopic (exact) mass is 341 g/mol. The number of rotatable bonds is 4. The smallest absolute Gasteiger partial charge is 0.257 e. The number of likely N-dealkylation sites (tertiary alicyclic amines) is 1. The molecule has 0 radical (unpaired) electrons. The first-order valence-corrected chi connectivity index (χ1v) is 8.44. The van der Waals surface area contributed by atoms with E-state index in [1.165, 1.54) is 22.9 Å². The molecule has 3 rings (SSSR count). The highest BCUT2D eigenvalue weighted by Gasteiger charge is 2.18. The van der Waals surface area contributed by atoms with Crippen molar-refractivity contribution in [3.63, 3.8) is 0 Å². The predicted octanol–water partition coefficient (Wildman–Crippen LogP) is 2.11. The van der Waals surface area contributed by atoms with Gasteiger partial charge in [-0.05, 0) is 50.2 Å². The van der Waals surface area contributed by atoms with Crippen LogP contribution in [0.2, 0.25) is 0 Å². The third-order valence-corrected chi connectivity index (χ3v) is 4.43. The zero-order valence-electron chi connectivity index (χ0n) is 14.6. The van der Waals surface area contributed by atoms with Crippen molar-refractivity contribution in [3.05, 3.63) is 58.5 Å².